The summed E-state index contributed by atoms with van der Waals surface area (Å²) < 4.78 is 11.7. The number of quaternary nitrogens is 1. The van der Waals surface area contributed by atoms with Crippen LogP contribution in [0.4, 0.5) is 0 Å². The minimum absolute atomic E-state index is 0.149. The smallest absolute Gasteiger partial charge is 0.290 e. The van der Waals surface area contributed by atoms with Crippen molar-refractivity contribution < 1.29 is 18.8 Å². The topological polar surface area (TPSA) is 64.2 Å². The number of ether oxygens (including phenoxy) is 1. The summed E-state index contributed by atoms with van der Waals surface area (Å²) in [6.45, 7) is 12.0. The summed E-state index contributed by atoms with van der Waals surface area (Å²) in [5, 5.41) is 0.488. The highest BCUT2D eigenvalue weighted by atomic mass is 16.5. The van der Waals surface area contributed by atoms with Gasteiger partial charge in [0.05, 0.1) is 36.6 Å². The second kappa shape index (κ2) is 10.0. The highest BCUT2D eigenvalue weighted by Gasteiger charge is 2.42. The van der Waals surface area contributed by atoms with Crippen LogP contribution in [0.15, 0.2) is 70.4 Å². The Bertz CT molecular complexity index is 1210. The molecule has 4 rings (SSSR count). The van der Waals surface area contributed by atoms with Gasteiger partial charge in [-0.3, -0.25) is 9.59 Å². The lowest BCUT2D eigenvalue weighted by Gasteiger charge is -2.26. The van der Waals surface area contributed by atoms with E-state index in [1.165, 1.54) is 4.90 Å². The third-order valence-corrected chi connectivity index (χ3v) is 6.34. The van der Waals surface area contributed by atoms with Crippen LogP contribution < -0.4 is 15.1 Å². The number of amides is 1. The van der Waals surface area contributed by atoms with Gasteiger partial charge in [-0.2, -0.15) is 0 Å². The van der Waals surface area contributed by atoms with Gasteiger partial charge in [-0.25, -0.2) is 0 Å². The molecule has 0 bridgehead atoms. The van der Waals surface area contributed by atoms with E-state index in [9.17, 15) is 9.59 Å². The highest BCUT2D eigenvalue weighted by molar-refractivity contribution is 5.99. The third kappa shape index (κ3) is 4.44. The molecule has 0 unspecified atom stereocenters. The Morgan fingerprint density at radius 1 is 1.12 bits per heavy atom. The van der Waals surface area contributed by atoms with Gasteiger partial charge in [-0.15, -0.1) is 0 Å². The van der Waals surface area contributed by atoms with Crippen LogP contribution in [0, 0.1) is 0 Å². The molecule has 2 heterocycles. The number of hydrogen-bond donors (Lipinski definition) is 1. The molecular weight excluding hydrogens is 416 g/mol. The van der Waals surface area contributed by atoms with E-state index in [0.29, 0.717) is 35.4 Å². The van der Waals surface area contributed by atoms with Gasteiger partial charge in [-0.05, 0) is 43.7 Å². The van der Waals surface area contributed by atoms with Crippen LogP contribution in [0.5, 0.6) is 5.75 Å². The minimum atomic E-state index is -0.507. The number of carbonyl (C=O) groups excluding carboxylic acids is 1. The summed E-state index contributed by atoms with van der Waals surface area (Å²) in [6.07, 6.45) is 2.53. The normalized spacial score (nSPS) is 15.3. The second-order valence-corrected chi connectivity index (χ2v) is 8.30. The average molecular weight is 448 g/mol. The SMILES string of the molecule is C=CCOc1cccc([C@H]2c3c(oc4ccccc4c3=O)C(=O)N2CCC[NH+](CC)CC)c1. The first kappa shape index (κ1) is 22.8. The summed E-state index contributed by atoms with van der Waals surface area (Å²) in [6, 6.07) is 14.2. The Morgan fingerprint density at radius 3 is 2.67 bits per heavy atom. The predicted octanol–water partition coefficient (Wildman–Crippen LogP) is 3.22. The molecule has 0 saturated heterocycles. The number of nitrogens with one attached hydrogen (secondary N) is 1. The van der Waals surface area contributed by atoms with Gasteiger partial charge in [0.2, 0.25) is 5.76 Å². The lowest BCUT2D eigenvalue weighted by atomic mass is 9.98. The van der Waals surface area contributed by atoms with Crippen molar-refractivity contribution in [2.75, 3.05) is 32.8 Å². The number of benzene rings is 2. The Hall–Kier alpha value is -3.38. The van der Waals surface area contributed by atoms with Crippen molar-refractivity contribution in [3.8, 4) is 5.75 Å². The fourth-order valence-electron chi connectivity index (χ4n) is 4.58. The Labute approximate surface area is 194 Å². The van der Waals surface area contributed by atoms with Crippen LogP contribution in [-0.2, 0) is 0 Å². The number of para-hydroxylation sites is 1. The molecule has 1 aliphatic heterocycles. The predicted molar refractivity (Wildman–Crippen MR) is 129 cm³/mol. The molecular formula is C27H31N2O4+. The van der Waals surface area contributed by atoms with E-state index in [0.717, 1.165) is 31.6 Å². The van der Waals surface area contributed by atoms with Crippen LogP contribution in [0.1, 0.15) is 48.0 Å². The van der Waals surface area contributed by atoms with E-state index in [1.54, 1.807) is 29.2 Å². The number of fused-ring (bicyclic) bond motifs is 2. The first-order valence-corrected chi connectivity index (χ1v) is 11.6. The van der Waals surface area contributed by atoms with Crippen LogP contribution in [0.3, 0.4) is 0 Å². The lowest BCUT2D eigenvalue weighted by Crippen LogP contribution is -3.11. The van der Waals surface area contributed by atoms with Crippen LogP contribution >= 0.6 is 0 Å². The molecule has 1 atom stereocenters. The fraction of sp³-hybridized carbons (Fsp3) is 0.333. The van der Waals surface area contributed by atoms with Gasteiger partial charge in [0.1, 0.15) is 17.9 Å². The van der Waals surface area contributed by atoms with Gasteiger partial charge >= 0.3 is 0 Å². The largest absolute Gasteiger partial charge is 0.490 e. The number of rotatable bonds is 10. The molecule has 0 fully saturated rings. The summed E-state index contributed by atoms with van der Waals surface area (Å²) in [4.78, 5) is 30.3. The molecule has 172 valence electrons. The zero-order valence-electron chi connectivity index (χ0n) is 19.3. The standard InChI is InChI=1S/C27H30N2O4/c1-4-17-32-20-12-9-11-19(18-20)24-23-25(30)21-13-7-8-14-22(21)33-26(23)27(31)29(24)16-10-15-28(5-2)6-3/h4,7-9,11-14,18,24H,1,5-6,10,15-17H2,2-3H3/p+1/t24-/m0/s1. The monoisotopic (exact) mass is 447 g/mol. The van der Waals surface area contributed by atoms with E-state index in [2.05, 4.69) is 20.4 Å². The molecule has 0 spiro atoms. The summed E-state index contributed by atoms with van der Waals surface area (Å²) in [7, 11) is 0. The van der Waals surface area contributed by atoms with Crippen molar-refractivity contribution >= 4 is 16.9 Å². The minimum Gasteiger partial charge on any atom is -0.490 e. The first-order valence-electron chi connectivity index (χ1n) is 11.6. The molecule has 1 N–H and O–H groups in total. The molecule has 1 amide bonds. The molecule has 0 aliphatic carbocycles. The zero-order chi connectivity index (χ0) is 23.4. The molecule has 6 nitrogen and oxygen atoms in total. The third-order valence-electron chi connectivity index (χ3n) is 6.34. The second-order valence-electron chi connectivity index (χ2n) is 8.30. The van der Waals surface area contributed by atoms with Crippen LogP contribution in [0.2, 0.25) is 0 Å². The first-order chi connectivity index (χ1) is 16.1. The molecule has 0 radical (unpaired) electrons. The van der Waals surface area contributed by atoms with E-state index >= 15 is 0 Å². The number of hydrogen-bond acceptors (Lipinski definition) is 4. The Balaban J connectivity index is 1.78. The summed E-state index contributed by atoms with van der Waals surface area (Å²) >= 11 is 0. The van der Waals surface area contributed by atoms with E-state index < -0.39 is 6.04 Å². The van der Waals surface area contributed by atoms with Crippen molar-refractivity contribution in [1.29, 1.82) is 0 Å². The van der Waals surface area contributed by atoms with Crippen LogP contribution in [-0.4, -0.2) is 43.6 Å². The molecule has 33 heavy (non-hydrogen) atoms. The molecule has 2 aromatic carbocycles. The summed E-state index contributed by atoms with van der Waals surface area (Å²) in [5.41, 5.74) is 1.53. The molecule has 6 heteroatoms. The van der Waals surface area contributed by atoms with Crippen molar-refractivity contribution in [2.45, 2.75) is 26.3 Å². The molecule has 3 aromatic rings. The van der Waals surface area contributed by atoms with Crippen molar-refractivity contribution in [2.24, 2.45) is 0 Å². The molecule has 1 aromatic heterocycles. The van der Waals surface area contributed by atoms with Gasteiger partial charge in [0.15, 0.2) is 5.43 Å². The maximum Gasteiger partial charge on any atom is 0.290 e. The number of nitrogens with zero attached hydrogens (tertiary/aromatic N) is 1. The summed E-state index contributed by atoms with van der Waals surface area (Å²) in [5.74, 6) is 0.590. The average Bonchev–Trinajstić information content (AvgIpc) is 3.12. The molecule has 0 saturated carbocycles. The highest BCUT2D eigenvalue weighted by Crippen LogP contribution is 2.39. The van der Waals surface area contributed by atoms with E-state index in [1.807, 2.05) is 30.3 Å². The Kier molecular flexibility index (Phi) is 6.94. The van der Waals surface area contributed by atoms with E-state index in [-0.39, 0.29) is 17.1 Å². The van der Waals surface area contributed by atoms with Crippen molar-refractivity contribution in [3.63, 3.8) is 0 Å². The van der Waals surface area contributed by atoms with Crippen molar-refractivity contribution in [3.05, 3.63) is 88.3 Å². The van der Waals surface area contributed by atoms with E-state index in [4.69, 9.17) is 9.15 Å². The van der Waals surface area contributed by atoms with Gasteiger partial charge < -0.3 is 19.0 Å². The Morgan fingerprint density at radius 2 is 1.91 bits per heavy atom. The van der Waals surface area contributed by atoms with Crippen molar-refractivity contribution in [1.82, 2.24) is 4.90 Å². The maximum atomic E-state index is 13.5. The van der Waals surface area contributed by atoms with Gasteiger partial charge in [-0.1, -0.05) is 36.9 Å². The molecule has 1 aliphatic rings. The van der Waals surface area contributed by atoms with Gasteiger partial charge in [0, 0.05) is 13.0 Å². The lowest BCUT2D eigenvalue weighted by molar-refractivity contribution is -0.896. The van der Waals surface area contributed by atoms with Gasteiger partial charge in [0.25, 0.3) is 5.91 Å². The van der Waals surface area contributed by atoms with Crippen LogP contribution in [0.25, 0.3) is 11.0 Å². The number of carbonyl (C=O) groups is 1. The maximum absolute atomic E-state index is 13.5. The quantitative estimate of drug-likeness (QED) is 0.485. The zero-order valence-corrected chi connectivity index (χ0v) is 19.3. The fourth-order valence-corrected chi connectivity index (χ4v) is 4.58.